The number of methoxy groups -OCH3 is 1. The van der Waals surface area contributed by atoms with E-state index in [1.165, 1.54) is 12.1 Å². The average Bonchev–Trinajstić information content (AvgIpc) is 2.48. The van der Waals surface area contributed by atoms with E-state index >= 15 is 0 Å². The number of pyridine rings is 1. The second-order valence-electron chi connectivity index (χ2n) is 4.45. The van der Waals surface area contributed by atoms with Crippen molar-refractivity contribution in [2.75, 3.05) is 7.11 Å². The van der Waals surface area contributed by atoms with E-state index in [4.69, 9.17) is 4.74 Å². The number of aromatic nitrogens is 1. The van der Waals surface area contributed by atoms with E-state index in [9.17, 15) is 9.18 Å². The Hall–Kier alpha value is -2.62. The van der Waals surface area contributed by atoms with Crippen LogP contribution in [-0.4, -0.2) is 12.1 Å². The molecule has 0 saturated heterocycles. The monoisotopic (exact) mass is 269 g/mol. The molecule has 0 radical (unpaired) electrons. The summed E-state index contributed by atoms with van der Waals surface area (Å²) in [6.45, 7) is 0. The van der Waals surface area contributed by atoms with Gasteiger partial charge in [-0.3, -0.25) is 4.79 Å². The van der Waals surface area contributed by atoms with Gasteiger partial charge in [-0.2, -0.15) is 0 Å². The number of nitrogens with one attached hydrogen (secondary N) is 1. The van der Waals surface area contributed by atoms with Gasteiger partial charge >= 0.3 is 0 Å². The Morgan fingerprint density at radius 1 is 1.10 bits per heavy atom. The maximum absolute atomic E-state index is 13.3. The van der Waals surface area contributed by atoms with E-state index < -0.39 is 5.82 Å². The fourth-order valence-electron chi connectivity index (χ4n) is 2.18. The van der Waals surface area contributed by atoms with Crippen molar-refractivity contribution in [1.29, 1.82) is 0 Å². The first-order chi connectivity index (χ1) is 9.69. The van der Waals surface area contributed by atoms with Crippen LogP contribution in [0.2, 0.25) is 0 Å². The number of aromatic amines is 1. The van der Waals surface area contributed by atoms with E-state index in [0.29, 0.717) is 16.5 Å². The van der Waals surface area contributed by atoms with Crippen LogP contribution in [0.4, 0.5) is 4.39 Å². The van der Waals surface area contributed by atoms with Crippen LogP contribution >= 0.6 is 0 Å². The molecule has 100 valence electrons. The van der Waals surface area contributed by atoms with Crippen LogP contribution in [0, 0.1) is 5.82 Å². The van der Waals surface area contributed by atoms with Crippen molar-refractivity contribution in [3.63, 3.8) is 0 Å². The van der Waals surface area contributed by atoms with Crippen LogP contribution < -0.4 is 10.2 Å². The number of hydrogen-bond donors (Lipinski definition) is 1. The zero-order valence-corrected chi connectivity index (χ0v) is 10.8. The highest BCUT2D eigenvalue weighted by Crippen LogP contribution is 2.21. The topological polar surface area (TPSA) is 42.1 Å². The Morgan fingerprint density at radius 3 is 2.55 bits per heavy atom. The molecular weight excluding hydrogens is 257 g/mol. The number of H-pyrrole nitrogens is 1. The number of rotatable bonds is 2. The third-order valence-corrected chi connectivity index (χ3v) is 3.24. The van der Waals surface area contributed by atoms with Gasteiger partial charge in [-0.05, 0) is 35.9 Å². The molecule has 1 N–H and O–H groups in total. The number of fused-ring (bicyclic) bond motifs is 1. The fraction of sp³-hybridized carbons (Fsp3) is 0.0625. The Kier molecular flexibility index (Phi) is 2.99. The molecule has 1 heterocycles. The summed E-state index contributed by atoms with van der Waals surface area (Å²) in [5, 5.41) is 0.346. The Bertz CT molecular complexity index is 822. The summed E-state index contributed by atoms with van der Waals surface area (Å²) in [6.07, 6.45) is 1.64. The summed E-state index contributed by atoms with van der Waals surface area (Å²) < 4.78 is 18.4. The van der Waals surface area contributed by atoms with Gasteiger partial charge < -0.3 is 9.72 Å². The summed E-state index contributed by atoms with van der Waals surface area (Å²) in [7, 11) is 1.58. The summed E-state index contributed by atoms with van der Waals surface area (Å²) >= 11 is 0. The van der Waals surface area contributed by atoms with E-state index in [-0.39, 0.29) is 5.43 Å². The first-order valence-electron chi connectivity index (χ1n) is 6.14. The fourth-order valence-corrected chi connectivity index (χ4v) is 2.18. The van der Waals surface area contributed by atoms with Gasteiger partial charge in [0.05, 0.1) is 7.11 Å². The minimum Gasteiger partial charge on any atom is -0.497 e. The maximum Gasteiger partial charge on any atom is 0.197 e. The summed E-state index contributed by atoms with van der Waals surface area (Å²) in [5.74, 6) is 0.298. The molecule has 0 saturated carbocycles. The second kappa shape index (κ2) is 4.81. The van der Waals surface area contributed by atoms with E-state index in [2.05, 4.69) is 4.98 Å². The van der Waals surface area contributed by atoms with Crippen molar-refractivity contribution in [2.45, 2.75) is 0 Å². The van der Waals surface area contributed by atoms with Crippen LogP contribution in [0.5, 0.6) is 5.75 Å². The molecule has 0 spiro atoms. The molecule has 3 aromatic rings. The van der Waals surface area contributed by atoms with Crippen LogP contribution in [0.25, 0.3) is 22.0 Å². The number of hydrogen-bond acceptors (Lipinski definition) is 2. The smallest absolute Gasteiger partial charge is 0.197 e. The van der Waals surface area contributed by atoms with Gasteiger partial charge in [-0.25, -0.2) is 4.39 Å². The lowest BCUT2D eigenvalue weighted by molar-refractivity contribution is 0.415. The normalized spacial score (nSPS) is 10.7. The highest BCUT2D eigenvalue weighted by atomic mass is 19.1. The van der Waals surface area contributed by atoms with Crippen molar-refractivity contribution < 1.29 is 9.13 Å². The number of ether oxygens (including phenoxy) is 1. The lowest BCUT2D eigenvalue weighted by atomic mass is 10.0. The highest BCUT2D eigenvalue weighted by Gasteiger charge is 2.08. The first-order valence-corrected chi connectivity index (χ1v) is 6.14. The zero-order valence-electron chi connectivity index (χ0n) is 10.8. The zero-order chi connectivity index (χ0) is 14.1. The maximum atomic E-state index is 13.3. The van der Waals surface area contributed by atoms with Crippen LogP contribution in [0.3, 0.4) is 0 Å². The lowest BCUT2D eigenvalue weighted by Gasteiger charge is -2.05. The van der Waals surface area contributed by atoms with Gasteiger partial charge in [0.2, 0.25) is 0 Å². The molecule has 0 fully saturated rings. The van der Waals surface area contributed by atoms with E-state index in [1.54, 1.807) is 43.6 Å². The van der Waals surface area contributed by atoms with Gasteiger partial charge in [-0.1, -0.05) is 12.1 Å². The van der Waals surface area contributed by atoms with Gasteiger partial charge in [-0.15, -0.1) is 0 Å². The number of benzene rings is 2. The molecule has 4 heteroatoms. The van der Waals surface area contributed by atoms with Crippen LogP contribution in [0.15, 0.2) is 53.5 Å². The molecule has 0 aliphatic heterocycles. The molecule has 0 atom stereocenters. The molecule has 3 nitrogen and oxygen atoms in total. The number of halogens is 1. The summed E-state index contributed by atoms with van der Waals surface area (Å²) in [4.78, 5) is 15.4. The van der Waals surface area contributed by atoms with Crippen molar-refractivity contribution in [3.8, 4) is 16.9 Å². The molecule has 3 rings (SSSR count). The largest absolute Gasteiger partial charge is 0.497 e. The van der Waals surface area contributed by atoms with Crippen molar-refractivity contribution in [2.24, 2.45) is 0 Å². The van der Waals surface area contributed by atoms with E-state index in [1.807, 2.05) is 0 Å². The molecule has 0 amide bonds. The minimum absolute atomic E-state index is 0.191. The lowest BCUT2D eigenvalue weighted by Crippen LogP contribution is -2.06. The Balaban J connectivity index is 2.20. The standard InChI is InChI=1S/C16H12FNO2/c1-20-12-5-2-10(3-6-12)14-9-18-15-7-4-11(17)8-13(15)16(14)19/h2-9H,1H3,(H,18,19). The molecule has 1 aromatic heterocycles. The second-order valence-corrected chi connectivity index (χ2v) is 4.45. The van der Waals surface area contributed by atoms with E-state index in [0.717, 1.165) is 11.3 Å². The van der Waals surface area contributed by atoms with Gasteiger partial charge in [0, 0.05) is 22.7 Å². The quantitative estimate of drug-likeness (QED) is 0.775. The Morgan fingerprint density at radius 2 is 1.85 bits per heavy atom. The molecular formula is C16H12FNO2. The van der Waals surface area contributed by atoms with Gasteiger partial charge in [0.25, 0.3) is 0 Å². The van der Waals surface area contributed by atoms with Crippen LogP contribution in [-0.2, 0) is 0 Å². The molecule has 20 heavy (non-hydrogen) atoms. The third-order valence-electron chi connectivity index (χ3n) is 3.24. The first kappa shape index (κ1) is 12.4. The van der Waals surface area contributed by atoms with Gasteiger partial charge in [0.1, 0.15) is 11.6 Å². The van der Waals surface area contributed by atoms with Crippen molar-refractivity contribution in [3.05, 3.63) is 64.7 Å². The highest BCUT2D eigenvalue weighted by molar-refractivity contribution is 5.83. The Labute approximate surface area is 114 Å². The van der Waals surface area contributed by atoms with Crippen LogP contribution in [0.1, 0.15) is 0 Å². The van der Waals surface area contributed by atoms with Gasteiger partial charge in [0.15, 0.2) is 5.43 Å². The third kappa shape index (κ3) is 2.05. The minimum atomic E-state index is -0.421. The predicted molar refractivity (Wildman–Crippen MR) is 76.5 cm³/mol. The van der Waals surface area contributed by atoms with Crippen molar-refractivity contribution >= 4 is 10.9 Å². The summed E-state index contributed by atoms with van der Waals surface area (Å²) in [6, 6.07) is 11.3. The van der Waals surface area contributed by atoms with Crippen molar-refractivity contribution in [1.82, 2.24) is 4.98 Å². The predicted octanol–water partition coefficient (Wildman–Crippen LogP) is 3.34. The SMILES string of the molecule is COc1ccc(-c2c[nH]c3ccc(F)cc3c2=O)cc1. The molecule has 0 aliphatic rings. The molecule has 0 aliphatic carbocycles. The molecule has 2 aromatic carbocycles. The summed E-state index contributed by atoms with van der Waals surface area (Å²) in [5.41, 5.74) is 1.70. The molecule has 0 bridgehead atoms. The molecule has 0 unspecified atom stereocenters. The average molecular weight is 269 g/mol.